The number of fused-ring (bicyclic) bond motifs is 8. The average Bonchev–Trinajstić information content (AvgIpc) is 3.56. The van der Waals surface area contributed by atoms with Crippen molar-refractivity contribution in [1.29, 1.82) is 0 Å². The van der Waals surface area contributed by atoms with E-state index in [1.54, 1.807) is 0 Å². The van der Waals surface area contributed by atoms with Crippen LogP contribution < -0.4 is 4.90 Å². The largest absolute Gasteiger partial charge is 0.456 e. The molecule has 1 heterocycles. The maximum Gasteiger partial charge on any atom is 0.137 e. The van der Waals surface area contributed by atoms with E-state index in [1.165, 1.54) is 54.6 Å². The first-order valence-corrected chi connectivity index (χ1v) is 17.1. The van der Waals surface area contributed by atoms with Gasteiger partial charge in [-0.1, -0.05) is 133 Å². The van der Waals surface area contributed by atoms with Crippen molar-refractivity contribution in [2.75, 3.05) is 4.90 Å². The van der Waals surface area contributed by atoms with Gasteiger partial charge >= 0.3 is 0 Å². The Bertz CT molecular complexity index is 2870. The highest BCUT2D eigenvalue weighted by molar-refractivity contribution is 6.21. The fourth-order valence-corrected chi connectivity index (χ4v) is 7.65. The summed E-state index contributed by atoms with van der Waals surface area (Å²) < 4.78 is 6.36. The van der Waals surface area contributed by atoms with E-state index in [1.807, 2.05) is 12.1 Å². The lowest BCUT2D eigenvalue weighted by atomic mass is 9.91. The van der Waals surface area contributed by atoms with E-state index in [9.17, 15) is 0 Å². The Balaban J connectivity index is 1.14. The lowest BCUT2D eigenvalue weighted by Gasteiger charge is -2.26. The Morgan fingerprint density at radius 1 is 0.300 bits per heavy atom. The number of hydrogen-bond donors (Lipinski definition) is 0. The van der Waals surface area contributed by atoms with Crippen molar-refractivity contribution in [3.63, 3.8) is 0 Å². The van der Waals surface area contributed by atoms with Crippen molar-refractivity contribution >= 4 is 71.3 Å². The molecule has 0 aliphatic rings. The molecule has 50 heavy (non-hydrogen) atoms. The molecule has 0 spiro atoms. The van der Waals surface area contributed by atoms with E-state index in [0.29, 0.717) is 0 Å². The van der Waals surface area contributed by atoms with Crippen LogP contribution in [0.1, 0.15) is 0 Å². The monoisotopic (exact) mass is 637 g/mol. The molecule has 0 N–H and O–H groups in total. The topological polar surface area (TPSA) is 16.4 Å². The fraction of sp³-hybridized carbons (Fsp3) is 0. The maximum absolute atomic E-state index is 6.36. The molecule has 2 heteroatoms. The molecule has 1 aromatic heterocycles. The second-order valence-electron chi connectivity index (χ2n) is 12.9. The summed E-state index contributed by atoms with van der Waals surface area (Å²) in [6, 6.07) is 67.5. The molecular weight excluding hydrogens is 607 g/mol. The quantitative estimate of drug-likeness (QED) is 0.175. The second-order valence-corrected chi connectivity index (χ2v) is 12.9. The number of benzene rings is 9. The molecule has 0 fully saturated rings. The third kappa shape index (κ3) is 4.65. The number of furan rings is 1. The smallest absolute Gasteiger partial charge is 0.137 e. The predicted molar refractivity (Wildman–Crippen MR) is 212 cm³/mol. The first-order chi connectivity index (χ1) is 24.8. The van der Waals surface area contributed by atoms with Crippen LogP contribution in [0.3, 0.4) is 0 Å². The second kappa shape index (κ2) is 11.5. The zero-order valence-corrected chi connectivity index (χ0v) is 27.3. The summed E-state index contributed by atoms with van der Waals surface area (Å²) in [6.45, 7) is 0. The Hall–Kier alpha value is -6.64. The number of hydrogen-bond acceptors (Lipinski definition) is 2. The highest BCUT2D eigenvalue weighted by Gasteiger charge is 2.17. The molecule has 0 atom stereocenters. The lowest BCUT2D eigenvalue weighted by molar-refractivity contribution is 0.669. The van der Waals surface area contributed by atoms with Gasteiger partial charge in [0.15, 0.2) is 0 Å². The lowest BCUT2D eigenvalue weighted by Crippen LogP contribution is -2.10. The van der Waals surface area contributed by atoms with Gasteiger partial charge in [0, 0.05) is 33.9 Å². The van der Waals surface area contributed by atoms with Crippen molar-refractivity contribution in [2.24, 2.45) is 0 Å². The first kappa shape index (κ1) is 28.4. The summed E-state index contributed by atoms with van der Waals surface area (Å²) >= 11 is 0. The highest BCUT2D eigenvalue weighted by Crippen LogP contribution is 2.42. The van der Waals surface area contributed by atoms with Crippen molar-refractivity contribution in [3.8, 4) is 22.3 Å². The van der Waals surface area contributed by atoms with Gasteiger partial charge in [-0.25, -0.2) is 0 Å². The number of anilines is 3. The standard InChI is InChI=1S/C48H31NO/c1-2-11-32(12-3-1)35-14-10-15-37(29-35)49(38-26-28-44-43-19-8-9-20-47(43)50-48(44)30-38)36-24-21-34(22-25-36)45-31-46-39-16-5-4-13-33(39)23-27-42(46)40-17-6-7-18-41(40)45/h1-31H. The summed E-state index contributed by atoms with van der Waals surface area (Å²) in [6.07, 6.45) is 0. The molecule has 0 saturated carbocycles. The van der Waals surface area contributed by atoms with Crippen LogP contribution in [0.2, 0.25) is 0 Å². The van der Waals surface area contributed by atoms with E-state index in [2.05, 4.69) is 181 Å². The number of rotatable bonds is 5. The number of para-hydroxylation sites is 1. The van der Waals surface area contributed by atoms with Gasteiger partial charge in [-0.2, -0.15) is 0 Å². The molecule has 0 amide bonds. The van der Waals surface area contributed by atoms with Crippen LogP contribution in [0.25, 0.3) is 76.5 Å². The van der Waals surface area contributed by atoms with Gasteiger partial charge in [-0.05, 0) is 103 Å². The molecule has 0 aliphatic heterocycles. The minimum atomic E-state index is 0.874. The maximum atomic E-state index is 6.36. The molecule has 234 valence electrons. The summed E-state index contributed by atoms with van der Waals surface area (Å²) in [5, 5.41) is 9.87. The van der Waals surface area contributed by atoms with Crippen LogP contribution in [0.4, 0.5) is 17.1 Å². The molecule has 0 saturated heterocycles. The minimum Gasteiger partial charge on any atom is -0.456 e. The summed E-state index contributed by atoms with van der Waals surface area (Å²) in [5.41, 5.74) is 9.75. The summed E-state index contributed by atoms with van der Waals surface area (Å²) in [5.74, 6) is 0. The molecule has 0 radical (unpaired) electrons. The molecule has 10 rings (SSSR count). The normalized spacial score (nSPS) is 11.6. The third-order valence-corrected chi connectivity index (χ3v) is 10.0. The zero-order valence-electron chi connectivity index (χ0n) is 27.3. The van der Waals surface area contributed by atoms with Gasteiger partial charge in [0.25, 0.3) is 0 Å². The van der Waals surface area contributed by atoms with E-state index >= 15 is 0 Å². The Labute approximate surface area is 290 Å². The van der Waals surface area contributed by atoms with Crippen molar-refractivity contribution in [1.82, 2.24) is 0 Å². The summed E-state index contributed by atoms with van der Waals surface area (Å²) in [7, 11) is 0. The zero-order chi connectivity index (χ0) is 33.0. The summed E-state index contributed by atoms with van der Waals surface area (Å²) in [4.78, 5) is 2.33. The van der Waals surface area contributed by atoms with Crippen LogP contribution >= 0.6 is 0 Å². The Kier molecular flexibility index (Phi) is 6.53. The van der Waals surface area contributed by atoms with Gasteiger partial charge in [-0.15, -0.1) is 0 Å². The van der Waals surface area contributed by atoms with Gasteiger partial charge < -0.3 is 9.32 Å². The molecule has 10 aromatic rings. The predicted octanol–water partition coefficient (Wildman–Crippen LogP) is 13.8. The molecule has 2 nitrogen and oxygen atoms in total. The van der Waals surface area contributed by atoms with Crippen molar-refractivity contribution in [2.45, 2.75) is 0 Å². The highest BCUT2D eigenvalue weighted by atomic mass is 16.3. The third-order valence-electron chi connectivity index (χ3n) is 10.0. The van der Waals surface area contributed by atoms with Gasteiger partial charge in [-0.3, -0.25) is 0 Å². The van der Waals surface area contributed by atoms with Crippen molar-refractivity contribution in [3.05, 3.63) is 188 Å². The molecule has 0 bridgehead atoms. The van der Waals surface area contributed by atoms with Crippen LogP contribution in [-0.2, 0) is 0 Å². The van der Waals surface area contributed by atoms with E-state index in [-0.39, 0.29) is 0 Å². The minimum absolute atomic E-state index is 0.874. The molecule has 0 aliphatic carbocycles. The average molecular weight is 638 g/mol. The first-order valence-electron chi connectivity index (χ1n) is 17.1. The fourth-order valence-electron chi connectivity index (χ4n) is 7.65. The van der Waals surface area contributed by atoms with Crippen LogP contribution in [-0.4, -0.2) is 0 Å². The molecule has 9 aromatic carbocycles. The Morgan fingerprint density at radius 2 is 0.920 bits per heavy atom. The SMILES string of the molecule is c1ccc(-c2cccc(N(c3ccc(-c4cc5c6ccccc6ccc5c5ccccc45)cc3)c3ccc4c(c3)oc3ccccc34)c2)cc1. The van der Waals surface area contributed by atoms with Crippen LogP contribution in [0.5, 0.6) is 0 Å². The van der Waals surface area contributed by atoms with E-state index in [4.69, 9.17) is 4.42 Å². The van der Waals surface area contributed by atoms with Gasteiger partial charge in [0.1, 0.15) is 11.2 Å². The van der Waals surface area contributed by atoms with Gasteiger partial charge in [0.05, 0.1) is 0 Å². The number of nitrogens with zero attached hydrogens (tertiary/aromatic N) is 1. The van der Waals surface area contributed by atoms with Crippen LogP contribution in [0, 0.1) is 0 Å². The Morgan fingerprint density at radius 3 is 1.78 bits per heavy atom. The van der Waals surface area contributed by atoms with E-state index < -0.39 is 0 Å². The van der Waals surface area contributed by atoms with Gasteiger partial charge in [0.2, 0.25) is 0 Å². The molecule has 0 unspecified atom stereocenters. The van der Waals surface area contributed by atoms with E-state index in [0.717, 1.165) is 39.0 Å². The van der Waals surface area contributed by atoms with Crippen molar-refractivity contribution < 1.29 is 4.42 Å². The molecular formula is C48H31NO. The van der Waals surface area contributed by atoms with Crippen LogP contribution in [0.15, 0.2) is 192 Å².